The number of hydrogen-bond donors (Lipinski definition) is 1. The van der Waals surface area contributed by atoms with E-state index in [1.165, 1.54) is 16.8 Å². The number of ether oxygens (including phenoxy) is 1. The standard InChI is InChI=1S/C21H14F6N4O4.ClH/c1-10(20(22,23)24)34-15-4-2-11(6-14(15)21(25,26)27)19-29-18(30-35-19)12-3-5-16-28-13(7-17(32)33)9-31(16)8-12;/h2-6,8-10H,7H2,1H3,(H,32,33);1H. The first-order valence-electron chi connectivity index (χ1n) is 9.80. The topological polar surface area (TPSA) is 103 Å². The number of hydrogen-bond acceptors (Lipinski definition) is 6. The van der Waals surface area contributed by atoms with Crippen LogP contribution in [0.3, 0.4) is 0 Å². The lowest BCUT2D eigenvalue weighted by atomic mass is 10.1. The van der Waals surface area contributed by atoms with E-state index in [0.29, 0.717) is 29.9 Å². The molecule has 3 aromatic heterocycles. The van der Waals surface area contributed by atoms with Crippen LogP contribution in [0.25, 0.3) is 28.5 Å². The third kappa shape index (κ3) is 5.70. The summed E-state index contributed by atoms with van der Waals surface area (Å²) in [5, 5.41) is 12.6. The van der Waals surface area contributed by atoms with Crippen molar-refractivity contribution in [1.82, 2.24) is 19.5 Å². The summed E-state index contributed by atoms with van der Waals surface area (Å²) in [6.45, 7) is 0.597. The van der Waals surface area contributed by atoms with Crippen molar-refractivity contribution in [1.29, 1.82) is 0 Å². The lowest BCUT2D eigenvalue weighted by Gasteiger charge is -2.20. The zero-order chi connectivity index (χ0) is 25.5. The average Bonchev–Trinajstić information content (AvgIpc) is 3.38. The first-order chi connectivity index (χ1) is 16.3. The lowest BCUT2D eigenvalue weighted by Crippen LogP contribution is -2.31. The van der Waals surface area contributed by atoms with Crippen LogP contribution < -0.4 is 4.74 Å². The minimum absolute atomic E-state index is 0. The highest BCUT2D eigenvalue weighted by atomic mass is 35.5. The van der Waals surface area contributed by atoms with Gasteiger partial charge in [-0.25, -0.2) is 4.98 Å². The number of carboxylic acid groups (broad SMARTS) is 1. The molecule has 0 fully saturated rings. The van der Waals surface area contributed by atoms with Gasteiger partial charge in [-0.3, -0.25) is 4.79 Å². The number of benzene rings is 1. The normalized spacial score (nSPS) is 12.9. The average molecular weight is 537 g/mol. The Morgan fingerprint density at radius 3 is 2.42 bits per heavy atom. The van der Waals surface area contributed by atoms with Gasteiger partial charge in [-0.05, 0) is 37.3 Å². The van der Waals surface area contributed by atoms with Crippen LogP contribution in [0.1, 0.15) is 18.2 Å². The Kier molecular flexibility index (Phi) is 7.20. The fourth-order valence-corrected chi connectivity index (χ4v) is 3.12. The van der Waals surface area contributed by atoms with Crippen LogP contribution in [0, 0.1) is 0 Å². The van der Waals surface area contributed by atoms with Gasteiger partial charge in [0, 0.05) is 23.5 Å². The molecule has 8 nitrogen and oxygen atoms in total. The molecule has 15 heteroatoms. The van der Waals surface area contributed by atoms with Gasteiger partial charge < -0.3 is 18.8 Å². The minimum Gasteiger partial charge on any atom is -0.481 e. The van der Waals surface area contributed by atoms with Crippen LogP contribution in [0.2, 0.25) is 0 Å². The highest BCUT2D eigenvalue weighted by Gasteiger charge is 2.41. The Morgan fingerprint density at radius 1 is 1.08 bits per heavy atom. The lowest BCUT2D eigenvalue weighted by molar-refractivity contribution is -0.191. The molecular formula is C21H15ClF6N4O4. The van der Waals surface area contributed by atoms with E-state index in [-0.39, 0.29) is 36.1 Å². The van der Waals surface area contributed by atoms with Crippen molar-refractivity contribution in [3.05, 3.63) is 54.0 Å². The fourth-order valence-electron chi connectivity index (χ4n) is 3.12. The molecule has 192 valence electrons. The molecule has 0 aliphatic rings. The van der Waals surface area contributed by atoms with E-state index in [0.717, 1.165) is 12.1 Å². The molecule has 1 unspecified atom stereocenters. The summed E-state index contributed by atoms with van der Waals surface area (Å²) in [6.07, 6.45) is -9.60. The van der Waals surface area contributed by atoms with E-state index in [2.05, 4.69) is 19.9 Å². The van der Waals surface area contributed by atoms with Crippen molar-refractivity contribution < 1.29 is 45.5 Å². The van der Waals surface area contributed by atoms with Crippen molar-refractivity contribution in [2.75, 3.05) is 0 Å². The van der Waals surface area contributed by atoms with Gasteiger partial charge in [0.25, 0.3) is 5.89 Å². The highest BCUT2D eigenvalue weighted by molar-refractivity contribution is 5.85. The Hall–Kier alpha value is -3.81. The van der Waals surface area contributed by atoms with Gasteiger partial charge in [0.1, 0.15) is 11.4 Å². The molecular weight excluding hydrogens is 522 g/mol. The second kappa shape index (κ2) is 9.68. The summed E-state index contributed by atoms with van der Waals surface area (Å²) in [4.78, 5) is 19.1. The second-order valence-electron chi connectivity index (χ2n) is 7.42. The van der Waals surface area contributed by atoms with Gasteiger partial charge in [0.05, 0.1) is 17.7 Å². The Labute approximate surface area is 203 Å². The quantitative estimate of drug-likeness (QED) is 0.327. The molecule has 0 bridgehead atoms. The fraction of sp³-hybridized carbons (Fsp3) is 0.238. The van der Waals surface area contributed by atoms with Crippen molar-refractivity contribution in [3.8, 4) is 28.6 Å². The van der Waals surface area contributed by atoms with Gasteiger partial charge in [-0.1, -0.05) is 5.16 Å². The predicted molar refractivity (Wildman–Crippen MR) is 114 cm³/mol. The maximum absolute atomic E-state index is 13.5. The summed E-state index contributed by atoms with van der Waals surface area (Å²) < 4.78 is 89.9. The van der Waals surface area contributed by atoms with Gasteiger partial charge in [0.2, 0.25) is 5.82 Å². The molecule has 36 heavy (non-hydrogen) atoms. The molecule has 4 rings (SSSR count). The number of aromatic nitrogens is 4. The van der Waals surface area contributed by atoms with Crippen LogP contribution in [-0.2, 0) is 17.4 Å². The van der Waals surface area contributed by atoms with Crippen LogP contribution in [0.5, 0.6) is 5.75 Å². The number of nitrogens with zero attached hydrogens (tertiary/aromatic N) is 4. The van der Waals surface area contributed by atoms with E-state index < -0.39 is 35.7 Å². The number of halogens is 7. The van der Waals surface area contributed by atoms with Crippen molar-refractivity contribution in [2.45, 2.75) is 31.8 Å². The molecule has 3 heterocycles. The Balaban J connectivity index is 0.00000361. The highest BCUT2D eigenvalue weighted by Crippen LogP contribution is 2.40. The second-order valence-corrected chi connectivity index (χ2v) is 7.42. The Bertz CT molecular complexity index is 1400. The third-order valence-electron chi connectivity index (χ3n) is 4.81. The van der Waals surface area contributed by atoms with Gasteiger partial charge >= 0.3 is 18.3 Å². The number of alkyl halides is 6. The molecule has 1 N–H and O–H groups in total. The monoisotopic (exact) mass is 536 g/mol. The largest absolute Gasteiger partial charge is 0.481 e. The molecule has 0 saturated carbocycles. The zero-order valence-corrected chi connectivity index (χ0v) is 18.8. The van der Waals surface area contributed by atoms with E-state index in [1.807, 2.05) is 0 Å². The number of carboxylic acids is 1. The third-order valence-corrected chi connectivity index (χ3v) is 4.81. The summed E-state index contributed by atoms with van der Waals surface area (Å²) in [7, 11) is 0. The molecule has 0 spiro atoms. The molecule has 1 atom stereocenters. The number of rotatable bonds is 6. The van der Waals surface area contributed by atoms with Crippen molar-refractivity contribution in [3.63, 3.8) is 0 Å². The van der Waals surface area contributed by atoms with Crippen molar-refractivity contribution >= 4 is 24.0 Å². The molecule has 0 saturated heterocycles. The predicted octanol–water partition coefficient (Wildman–Crippen LogP) is 5.45. The summed E-state index contributed by atoms with van der Waals surface area (Å²) >= 11 is 0. The van der Waals surface area contributed by atoms with E-state index >= 15 is 0 Å². The van der Waals surface area contributed by atoms with E-state index in [9.17, 15) is 31.1 Å². The number of fused-ring (bicyclic) bond motifs is 1. The van der Waals surface area contributed by atoms with Gasteiger partial charge in [0.15, 0.2) is 6.10 Å². The molecule has 0 amide bonds. The number of carbonyl (C=O) groups is 1. The van der Waals surface area contributed by atoms with Crippen LogP contribution >= 0.6 is 12.4 Å². The first-order valence-corrected chi connectivity index (χ1v) is 9.80. The Morgan fingerprint density at radius 2 is 1.78 bits per heavy atom. The zero-order valence-electron chi connectivity index (χ0n) is 18.0. The summed E-state index contributed by atoms with van der Waals surface area (Å²) in [5.41, 5.74) is -0.466. The van der Waals surface area contributed by atoms with Gasteiger partial charge in [-0.15, -0.1) is 12.4 Å². The maximum Gasteiger partial charge on any atom is 0.425 e. The minimum atomic E-state index is -5.01. The molecule has 0 aliphatic carbocycles. The molecule has 0 radical (unpaired) electrons. The van der Waals surface area contributed by atoms with Gasteiger partial charge in [-0.2, -0.15) is 31.3 Å². The summed E-state index contributed by atoms with van der Waals surface area (Å²) in [6, 6.07) is 5.51. The molecule has 1 aromatic carbocycles. The van der Waals surface area contributed by atoms with Crippen molar-refractivity contribution in [2.24, 2.45) is 0 Å². The van der Waals surface area contributed by atoms with Crippen LogP contribution in [0.15, 0.2) is 47.2 Å². The maximum atomic E-state index is 13.5. The number of aliphatic carboxylic acids is 1. The smallest absolute Gasteiger partial charge is 0.425 e. The number of pyridine rings is 1. The van der Waals surface area contributed by atoms with Crippen LogP contribution in [-0.4, -0.2) is 42.9 Å². The SMILES string of the molecule is CC(Oc1ccc(-c2nc(-c3ccc4nc(CC(=O)O)cn4c3)no2)cc1C(F)(F)F)C(F)(F)F.Cl. The van der Waals surface area contributed by atoms with E-state index in [4.69, 9.17) is 9.63 Å². The van der Waals surface area contributed by atoms with E-state index in [1.54, 1.807) is 12.1 Å². The first kappa shape index (κ1) is 26.8. The molecule has 4 aromatic rings. The molecule has 0 aliphatic heterocycles. The van der Waals surface area contributed by atoms with Crippen LogP contribution in [0.4, 0.5) is 26.3 Å². The summed E-state index contributed by atoms with van der Waals surface area (Å²) in [5.74, 6) is -2.35. The number of imidazole rings is 1.